The van der Waals surface area contributed by atoms with Crippen LogP contribution < -0.4 is 0 Å². The van der Waals surface area contributed by atoms with Gasteiger partial charge in [0.1, 0.15) is 6.10 Å². The fourth-order valence-corrected chi connectivity index (χ4v) is 1.21. The molecule has 0 aromatic carbocycles. The zero-order valence-electron chi connectivity index (χ0n) is 5.32. The maximum Gasteiger partial charge on any atom is 0.101 e. The first-order chi connectivity index (χ1) is 4.84. The monoisotopic (exact) mass is 153 g/mol. The molecule has 0 bridgehead atoms. The Bertz CT molecular complexity index is 224. The molecule has 1 atom stereocenters. The summed E-state index contributed by atoms with van der Waals surface area (Å²) >= 11 is 1.41. The van der Waals surface area contributed by atoms with E-state index in [9.17, 15) is 5.11 Å². The van der Waals surface area contributed by atoms with Gasteiger partial charge in [-0.25, -0.2) is 0 Å². The Morgan fingerprint density at radius 2 is 2.70 bits per heavy atom. The predicted octanol–water partition coefficient (Wildman–Crippen LogP) is 1.20. The van der Waals surface area contributed by atoms with Crippen LogP contribution in [0.5, 0.6) is 0 Å². The number of nitrogens with zero attached hydrogens (tertiary/aromatic N) is 1. The number of rotatable bonds is 2. The van der Waals surface area contributed by atoms with Gasteiger partial charge < -0.3 is 5.11 Å². The average Bonchev–Trinajstić information content (AvgIpc) is 2.38. The van der Waals surface area contributed by atoms with Crippen molar-refractivity contribution in [1.29, 1.82) is 0 Å². The molecule has 0 fully saturated rings. The largest absolute Gasteiger partial charge is 0.387 e. The van der Waals surface area contributed by atoms with Crippen molar-refractivity contribution < 1.29 is 5.11 Å². The van der Waals surface area contributed by atoms with Gasteiger partial charge in [-0.2, -0.15) is 0 Å². The summed E-state index contributed by atoms with van der Waals surface area (Å²) in [5.41, 5.74) is 1.68. The molecule has 0 aliphatic carbocycles. The smallest absolute Gasteiger partial charge is 0.101 e. The van der Waals surface area contributed by atoms with Crippen LogP contribution in [0.3, 0.4) is 0 Å². The second-order valence-electron chi connectivity index (χ2n) is 1.83. The highest BCUT2D eigenvalue weighted by Gasteiger charge is 2.05. The van der Waals surface area contributed by atoms with Crippen LogP contribution in [-0.4, -0.2) is 10.1 Å². The predicted molar refractivity (Wildman–Crippen MR) is 40.5 cm³/mol. The van der Waals surface area contributed by atoms with E-state index in [0.29, 0.717) is 6.42 Å². The lowest BCUT2D eigenvalue weighted by atomic mass is 10.2. The van der Waals surface area contributed by atoms with Crippen molar-refractivity contribution in [2.75, 3.05) is 0 Å². The zero-order chi connectivity index (χ0) is 7.40. The van der Waals surface area contributed by atoms with Crippen molar-refractivity contribution in [3.05, 3.63) is 16.6 Å². The lowest BCUT2D eigenvalue weighted by molar-refractivity contribution is 0.187. The van der Waals surface area contributed by atoms with Crippen molar-refractivity contribution in [3.8, 4) is 12.3 Å². The van der Waals surface area contributed by atoms with Gasteiger partial charge in [-0.1, -0.05) is 0 Å². The Hall–Kier alpha value is -0.850. The lowest BCUT2D eigenvalue weighted by Gasteiger charge is -2.00. The molecule has 1 N–H and O–H groups in total. The molecular weight excluding hydrogens is 146 g/mol. The van der Waals surface area contributed by atoms with Crippen molar-refractivity contribution in [1.82, 2.24) is 4.98 Å². The van der Waals surface area contributed by atoms with Gasteiger partial charge in [0.15, 0.2) is 0 Å². The minimum Gasteiger partial charge on any atom is -0.387 e. The van der Waals surface area contributed by atoms with Crippen LogP contribution in [0.1, 0.15) is 17.4 Å². The zero-order valence-corrected chi connectivity index (χ0v) is 6.14. The molecule has 2 nitrogen and oxygen atoms in total. The number of hydrogen-bond donors (Lipinski definition) is 1. The molecule has 0 aliphatic rings. The Morgan fingerprint density at radius 3 is 3.20 bits per heavy atom. The first-order valence-corrected chi connectivity index (χ1v) is 3.72. The van der Waals surface area contributed by atoms with Crippen molar-refractivity contribution in [3.63, 3.8) is 0 Å². The van der Waals surface area contributed by atoms with Gasteiger partial charge in [-0.15, -0.1) is 23.7 Å². The fourth-order valence-electron chi connectivity index (χ4n) is 0.602. The first kappa shape index (κ1) is 7.26. The summed E-state index contributed by atoms with van der Waals surface area (Å²) in [6.45, 7) is 0. The second kappa shape index (κ2) is 3.35. The summed E-state index contributed by atoms with van der Waals surface area (Å²) in [6, 6.07) is 0. The van der Waals surface area contributed by atoms with Crippen molar-refractivity contribution >= 4 is 11.3 Å². The molecule has 3 heteroatoms. The van der Waals surface area contributed by atoms with E-state index in [4.69, 9.17) is 6.42 Å². The van der Waals surface area contributed by atoms with E-state index in [0.717, 1.165) is 4.88 Å². The first-order valence-electron chi connectivity index (χ1n) is 2.84. The number of thiazole rings is 1. The number of aliphatic hydroxyl groups is 1. The SMILES string of the molecule is C#CCC(O)c1cncs1. The number of aromatic nitrogens is 1. The maximum atomic E-state index is 9.24. The molecule has 1 rings (SSSR count). The van der Waals surface area contributed by atoms with E-state index in [1.54, 1.807) is 11.7 Å². The lowest BCUT2D eigenvalue weighted by Crippen LogP contribution is -1.91. The molecule has 1 aromatic heterocycles. The highest BCUT2D eigenvalue weighted by Crippen LogP contribution is 2.18. The minimum absolute atomic E-state index is 0.363. The second-order valence-corrected chi connectivity index (χ2v) is 2.75. The van der Waals surface area contributed by atoms with Gasteiger partial charge >= 0.3 is 0 Å². The molecule has 52 valence electrons. The van der Waals surface area contributed by atoms with E-state index in [1.165, 1.54) is 11.3 Å². The summed E-state index contributed by atoms with van der Waals surface area (Å²) in [4.78, 5) is 4.65. The molecule has 0 aliphatic heterocycles. The fraction of sp³-hybridized carbons (Fsp3) is 0.286. The summed E-state index contributed by atoms with van der Waals surface area (Å²) in [7, 11) is 0. The molecule has 0 spiro atoms. The maximum absolute atomic E-state index is 9.24. The molecule has 1 unspecified atom stereocenters. The topological polar surface area (TPSA) is 33.1 Å². The number of hydrogen-bond acceptors (Lipinski definition) is 3. The molecule has 1 aromatic rings. The van der Waals surface area contributed by atoms with E-state index in [-0.39, 0.29) is 0 Å². The Labute approximate surface area is 63.5 Å². The van der Waals surface area contributed by atoms with E-state index in [2.05, 4.69) is 10.9 Å². The van der Waals surface area contributed by atoms with E-state index >= 15 is 0 Å². The quantitative estimate of drug-likeness (QED) is 0.647. The number of terminal acetylenes is 1. The Kier molecular flexibility index (Phi) is 2.43. The molecule has 0 saturated carbocycles. The Morgan fingerprint density at radius 1 is 1.90 bits per heavy atom. The summed E-state index contributed by atoms with van der Waals surface area (Å²) in [5, 5.41) is 9.24. The Balaban J connectivity index is 2.61. The minimum atomic E-state index is -0.530. The molecule has 1 heterocycles. The third-order valence-corrected chi connectivity index (χ3v) is 1.97. The number of aliphatic hydroxyl groups excluding tert-OH is 1. The van der Waals surface area contributed by atoms with Crippen LogP contribution >= 0.6 is 11.3 Å². The molecule has 10 heavy (non-hydrogen) atoms. The normalized spacial score (nSPS) is 12.4. The highest BCUT2D eigenvalue weighted by molar-refractivity contribution is 7.09. The highest BCUT2D eigenvalue weighted by atomic mass is 32.1. The molecule has 0 saturated heterocycles. The van der Waals surface area contributed by atoms with Gasteiger partial charge in [0.2, 0.25) is 0 Å². The van der Waals surface area contributed by atoms with Crippen molar-refractivity contribution in [2.45, 2.75) is 12.5 Å². The van der Waals surface area contributed by atoms with Gasteiger partial charge in [-0.3, -0.25) is 4.98 Å². The summed E-state index contributed by atoms with van der Waals surface area (Å²) < 4.78 is 0. The molecule has 0 radical (unpaired) electrons. The van der Waals surface area contributed by atoms with Crippen LogP contribution in [0.4, 0.5) is 0 Å². The summed E-state index contributed by atoms with van der Waals surface area (Å²) in [6.07, 6.45) is 6.47. The summed E-state index contributed by atoms with van der Waals surface area (Å²) in [5.74, 6) is 2.38. The van der Waals surface area contributed by atoms with Crippen LogP contribution in [0.15, 0.2) is 11.7 Å². The molecule has 0 amide bonds. The third-order valence-electron chi connectivity index (χ3n) is 1.09. The molecular formula is C7H7NOS. The van der Waals surface area contributed by atoms with Gasteiger partial charge in [0, 0.05) is 12.6 Å². The van der Waals surface area contributed by atoms with Crippen LogP contribution in [0.2, 0.25) is 0 Å². The van der Waals surface area contributed by atoms with Crippen LogP contribution in [0.25, 0.3) is 0 Å². The van der Waals surface area contributed by atoms with Crippen LogP contribution in [0, 0.1) is 12.3 Å². The third kappa shape index (κ3) is 1.56. The van der Waals surface area contributed by atoms with Crippen molar-refractivity contribution in [2.24, 2.45) is 0 Å². The van der Waals surface area contributed by atoms with Gasteiger partial charge in [0.05, 0.1) is 10.4 Å². The average molecular weight is 153 g/mol. The van der Waals surface area contributed by atoms with Crippen LogP contribution in [-0.2, 0) is 0 Å². The van der Waals surface area contributed by atoms with E-state index < -0.39 is 6.10 Å². The van der Waals surface area contributed by atoms with E-state index in [1.807, 2.05) is 0 Å². The van der Waals surface area contributed by atoms with Gasteiger partial charge in [0.25, 0.3) is 0 Å². The standard InChI is InChI=1S/C7H7NOS/c1-2-3-6(9)7-4-8-5-10-7/h1,4-6,9H,3H2. The van der Waals surface area contributed by atoms with Gasteiger partial charge in [-0.05, 0) is 0 Å².